The van der Waals surface area contributed by atoms with Crippen molar-refractivity contribution in [2.75, 3.05) is 25.4 Å². The van der Waals surface area contributed by atoms with E-state index in [-0.39, 0.29) is 0 Å². The molecule has 0 saturated carbocycles. The van der Waals surface area contributed by atoms with E-state index in [2.05, 4.69) is 22.0 Å². The molecule has 3 heteroatoms. The molecule has 0 aromatic heterocycles. The monoisotopic (exact) mass is 172 g/mol. The maximum Gasteiger partial charge on any atom is 0.108 e. The van der Waals surface area contributed by atoms with E-state index in [0.717, 1.165) is 0 Å². The molecule has 0 aromatic carbocycles. The quantitative estimate of drug-likeness (QED) is 0.637. The van der Waals surface area contributed by atoms with Gasteiger partial charge in [0.25, 0.3) is 0 Å². The Labute approximate surface area is 72.7 Å². The Balaban J connectivity index is 1.82. The van der Waals surface area contributed by atoms with Crippen molar-refractivity contribution in [2.45, 2.75) is 24.8 Å². The zero-order chi connectivity index (χ0) is 7.52. The van der Waals surface area contributed by atoms with Gasteiger partial charge in [0.05, 0.1) is 0 Å². The second-order valence-corrected chi connectivity index (χ2v) is 4.46. The second kappa shape index (κ2) is 3.78. The number of thioether (sulfide) groups is 1. The van der Waals surface area contributed by atoms with Crippen LogP contribution in [0.5, 0.6) is 0 Å². The first-order valence-corrected chi connectivity index (χ1v) is 5.61. The van der Waals surface area contributed by atoms with E-state index in [9.17, 15) is 0 Å². The van der Waals surface area contributed by atoms with Gasteiger partial charge in [-0.1, -0.05) is 6.42 Å². The number of piperidine rings is 1. The number of nitrogens with zero attached hydrogens (tertiary/aromatic N) is 1. The fourth-order valence-electron chi connectivity index (χ4n) is 1.80. The van der Waals surface area contributed by atoms with Crippen molar-refractivity contribution in [2.24, 2.45) is 0 Å². The molecule has 1 atom stereocenters. The van der Waals surface area contributed by atoms with Crippen LogP contribution in [0.3, 0.4) is 0 Å². The third kappa shape index (κ3) is 1.89. The van der Waals surface area contributed by atoms with E-state index in [4.69, 9.17) is 0 Å². The molecule has 2 aliphatic rings. The fraction of sp³-hybridized carbons (Fsp3) is 1.00. The van der Waals surface area contributed by atoms with Crippen molar-refractivity contribution in [1.29, 1.82) is 0 Å². The third-order valence-corrected chi connectivity index (χ3v) is 3.64. The highest BCUT2D eigenvalue weighted by Crippen LogP contribution is 2.21. The number of hydrogen-bond donors (Lipinski definition) is 1. The smallest absolute Gasteiger partial charge is 0.108 e. The molecule has 0 aliphatic carbocycles. The molecule has 2 rings (SSSR count). The van der Waals surface area contributed by atoms with E-state index >= 15 is 0 Å². The van der Waals surface area contributed by atoms with Gasteiger partial charge in [-0.2, -0.15) is 0 Å². The summed E-state index contributed by atoms with van der Waals surface area (Å²) < 4.78 is 0. The van der Waals surface area contributed by atoms with Gasteiger partial charge in [0.1, 0.15) is 5.50 Å². The summed E-state index contributed by atoms with van der Waals surface area (Å²) in [5.74, 6) is 1.29. The fourth-order valence-corrected chi connectivity index (χ4v) is 2.92. The highest BCUT2D eigenvalue weighted by atomic mass is 32.2. The lowest BCUT2D eigenvalue weighted by Gasteiger charge is -2.31. The summed E-state index contributed by atoms with van der Waals surface area (Å²) in [6, 6.07) is 0. The second-order valence-electron chi connectivity index (χ2n) is 3.27. The minimum absolute atomic E-state index is 0.648. The number of hydrogen-bond acceptors (Lipinski definition) is 3. The van der Waals surface area contributed by atoms with Gasteiger partial charge in [-0.25, -0.2) is 0 Å². The van der Waals surface area contributed by atoms with Crippen molar-refractivity contribution in [3.05, 3.63) is 0 Å². The predicted octanol–water partition coefficient (Wildman–Crippen LogP) is 1.09. The molecule has 0 bridgehead atoms. The lowest BCUT2D eigenvalue weighted by atomic mass is 10.1. The van der Waals surface area contributed by atoms with Crippen LogP contribution in [0.25, 0.3) is 0 Å². The Morgan fingerprint density at radius 1 is 1.18 bits per heavy atom. The lowest BCUT2D eigenvalue weighted by Crippen LogP contribution is -2.42. The van der Waals surface area contributed by atoms with Crippen LogP contribution in [0.2, 0.25) is 0 Å². The lowest BCUT2D eigenvalue weighted by molar-refractivity contribution is 0.198. The Morgan fingerprint density at radius 2 is 2.00 bits per heavy atom. The van der Waals surface area contributed by atoms with Gasteiger partial charge in [-0.05, 0) is 12.8 Å². The third-order valence-electron chi connectivity index (χ3n) is 2.42. The summed E-state index contributed by atoms with van der Waals surface area (Å²) in [5, 5.41) is 3.52. The molecule has 2 fully saturated rings. The van der Waals surface area contributed by atoms with Gasteiger partial charge in [-0.3, -0.25) is 10.2 Å². The Morgan fingerprint density at radius 3 is 2.64 bits per heavy atom. The van der Waals surface area contributed by atoms with E-state index in [1.807, 2.05) is 0 Å². The van der Waals surface area contributed by atoms with Crippen LogP contribution in [0.4, 0.5) is 0 Å². The molecule has 2 nitrogen and oxygen atoms in total. The van der Waals surface area contributed by atoms with Crippen molar-refractivity contribution >= 4 is 11.8 Å². The Hall–Kier alpha value is 0.270. The van der Waals surface area contributed by atoms with Crippen LogP contribution in [-0.2, 0) is 0 Å². The highest BCUT2D eigenvalue weighted by Gasteiger charge is 2.23. The molecular formula is C8H16N2S. The van der Waals surface area contributed by atoms with Gasteiger partial charge < -0.3 is 0 Å². The molecule has 1 N–H and O–H groups in total. The van der Waals surface area contributed by atoms with Crippen LogP contribution in [-0.4, -0.2) is 35.8 Å². The summed E-state index contributed by atoms with van der Waals surface area (Å²) in [4.78, 5) is 2.58. The first-order valence-electron chi connectivity index (χ1n) is 4.56. The summed E-state index contributed by atoms with van der Waals surface area (Å²) in [6.07, 6.45) is 4.24. The SMILES string of the molecule is C1CCN(C2NCCS2)CC1. The zero-order valence-electron chi connectivity index (χ0n) is 6.88. The largest absolute Gasteiger partial charge is 0.292 e. The summed E-state index contributed by atoms with van der Waals surface area (Å²) in [6.45, 7) is 3.82. The van der Waals surface area contributed by atoms with Gasteiger partial charge in [-0.15, -0.1) is 11.8 Å². The van der Waals surface area contributed by atoms with E-state index in [0.29, 0.717) is 5.50 Å². The zero-order valence-corrected chi connectivity index (χ0v) is 7.70. The van der Waals surface area contributed by atoms with Crippen LogP contribution < -0.4 is 5.32 Å². The van der Waals surface area contributed by atoms with Gasteiger partial charge in [0, 0.05) is 25.4 Å². The van der Waals surface area contributed by atoms with E-state index in [1.165, 1.54) is 44.6 Å². The van der Waals surface area contributed by atoms with Crippen LogP contribution in [0, 0.1) is 0 Å². The van der Waals surface area contributed by atoms with Crippen molar-refractivity contribution in [3.63, 3.8) is 0 Å². The average Bonchev–Trinajstić information content (AvgIpc) is 2.58. The summed E-state index contributed by atoms with van der Waals surface area (Å²) >= 11 is 2.06. The maximum absolute atomic E-state index is 3.52. The molecule has 0 aromatic rings. The van der Waals surface area contributed by atoms with E-state index in [1.54, 1.807) is 0 Å². The predicted molar refractivity (Wildman–Crippen MR) is 49.7 cm³/mol. The van der Waals surface area contributed by atoms with Crippen molar-refractivity contribution in [3.8, 4) is 0 Å². The van der Waals surface area contributed by atoms with Gasteiger partial charge >= 0.3 is 0 Å². The molecular weight excluding hydrogens is 156 g/mol. The number of likely N-dealkylation sites (tertiary alicyclic amines) is 1. The minimum Gasteiger partial charge on any atom is -0.292 e. The molecule has 64 valence electrons. The van der Waals surface area contributed by atoms with Crippen LogP contribution in [0.15, 0.2) is 0 Å². The standard InChI is InChI=1S/C8H16N2S/c1-2-5-10(6-3-1)8-9-4-7-11-8/h8-9H,1-7H2. The average molecular weight is 172 g/mol. The summed E-state index contributed by atoms with van der Waals surface area (Å²) in [5.41, 5.74) is 0.648. The van der Waals surface area contributed by atoms with Crippen molar-refractivity contribution in [1.82, 2.24) is 10.2 Å². The molecule has 11 heavy (non-hydrogen) atoms. The topological polar surface area (TPSA) is 15.3 Å². The minimum atomic E-state index is 0.648. The van der Waals surface area contributed by atoms with Crippen LogP contribution >= 0.6 is 11.8 Å². The Bertz CT molecular complexity index is 117. The molecule has 0 amide bonds. The first-order chi connectivity index (χ1) is 5.47. The van der Waals surface area contributed by atoms with E-state index < -0.39 is 0 Å². The molecule has 0 spiro atoms. The molecule has 2 aliphatic heterocycles. The number of rotatable bonds is 1. The highest BCUT2D eigenvalue weighted by molar-refractivity contribution is 8.00. The van der Waals surface area contributed by atoms with Crippen LogP contribution in [0.1, 0.15) is 19.3 Å². The first kappa shape index (κ1) is 7.90. The molecule has 0 radical (unpaired) electrons. The summed E-state index contributed by atoms with van der Waals surface area (Å²) in [7, 11) is 0. The maximum atomic E-state index is 3.52. The molecule has 2 heterocycles. The van der Waals surface area contributed by atoms with Gasteiger partial charge in [0.15, 0.2) is 0 Å². The van der Waals surface area contributed by atoms with Gasteiger partial charge in [0.2, 0.25) is 0 Å². The number of nitrogens with one attached hydrogen (secondary N) is 1. The normalized spacial score (nSPS) is 34.4. The Kier molecular flexibility index (Phi) is 2.72. The molecule has 2 saturated heterocycles. The molecule has 1 unspecified atom stereocenters. The van der Waals surface area contributed by atoms with Crippen molar-refractivity contribution < 1.29 is 0 Å².